The van der Waals surface area contributed by atoms with Gasteiger partial charge >= 0.3 is 12.1 Å². The summed E-state index contributed by atoms with van der Waals surface area (Å²) in [7, 11) is 3.10. The fraction of sp³-hybridized carbons (Fsp3) is 0.423. The summed E-state index contributed by atoms with van der Waals surface area (Å²) >= 11 is 0. The molecule has 0 atom stereocenters. The van der Waals surface area contributed by atoms with Crippen molar-refractivity contribution in [3.63, 3.8) is 0 Å². The molecule has 2 amide bonds. The molecule has 0 bridgehead atoms. The van der Waals surface area contributed by atoms with Gasteiger partial charge in [-0.2, -0.15) is 13.2 Å². The van der Waals surface area contributed by atoms with Crippen LogP contribution in [0.5, 0.6) is 11.5 Å². The predicted octanol–water partition coefficient (Wildman–Crippen LogP) is 3.11. The SMILES string of the molecule is COc1ccc(C(=O)N(CCC(=O)N2CCNCC2)Cc2ccc(C)cc2)cc1OC.O=C(O)C(F)(F)F. The van der Waals surface area contributed by atoms with Crippen LogP contribution in [-0.4, -0.2) is 85.8 Å². The monoisotopic (exact) mass is 539 g/mol. The van der Waals surface area contributed by atoms with E-state index in [0.717, 1.165) is 24.2 Å². The molecule has 9 nitrogen and oxygen atoms in total. The molecule has 1 aliphatic heterocycles. The Morgan fingerprint density at radius 3 is 2.11 bits per heavy atom. The molecule has 2 aromatic rings. The highest BCUT2D eigenvalue weighted by atomic mass is 19.4. The lowest BCUT2D eigenvalue weighted by molar-refractivity contribution is -0.192. The van der Waals surface area contributed by atoms with E-state index in [0.29, 0.717) is 49.7 Å². The molecule has 0 aromatic heterocycles. The molecule has 0 aliphatic carbocycles. The zero-order valence-electron chi connectivity index (χ0n) is 21.5. The molecule has 0 saturated carbocycles. The Labute approximate surface area is 219 Å². The van der Waals surface area contributed by atoms with Crippen molar-refractivity contribution in [1.82, 2.24) is 15.1 Å². The van der Waals surface area contributed by atoms with Crippen LogP contribution in [0, 0.1) is 6.92 Å². The van der Waals surface area contributed by atoms with Crippen LogP contribution in [0.25, 0.3) is 0 Å². The van der Waals surface area contributed by atoms with Crippen LogP contribution in [0.15, 0.2) is 42.5 Å². The molecule has 1 aliphatic rings. The highest BCUT2D eigenvalue weighted by Gasteiger charge is 2.38. The van der Waals surface area contributed by atoms with E-state index < -0.39 is 12.1 Å². The lowest BCUT2D eigenvalue weighted by Crippen LogP contribution is -2.47. The number of carbonyl (C=O) groups excluding carboxylic acids is 2. The minimum Gasteiger partial charge on any atom is -0.493 e. The molecule has 2 aromatic carbocycles. The number of carboxylic acids is 1. The molecule has 2 N–H and O–H groups in total. The van der Waals surface area contributed by atoms with E-state index in [-0.39, 0.29) is 11.8 Å². The highest BCUT2D eigenvalue weighted by molar-refractivity contribution is 5.95. The van der Waals surface area contributed by atoms with Crippen LogP contribution >= 0.6 is 0 Å². The Balaban J connectivity index is 0.000000638. The van der Waals surface area contributed by atoms with E-state index in [4.69, 9.17) is 19.4 Å². The Kier molecular flexibility index (Phi) is 11.4. The van der Waals surface area contributed by atoms with Gasteiger partial charge in [0.15, 0.2) is 11.5 Å². The van der Waals surface area contributed by atoms with Crippen molar-refractivity contribution in [3.05, 3.63) is 59.2 Å². The molecule has 0 unspecified atom stereocenters. The van der Waals surface area contributed by atoms with Gasteiger partial charge in [0.2, 0.25) is 5.91 Å². The molecular weight excluding hydrogens is 507 g/mol. The number of halogens is 3. The summed E-state index contributed by atoms with van der Waals surface area (Å²) in [4.78, 5) is 38.5. The van der Waals surface area contributed by atoms with Gasteiger partial charge in [-0.25, -0.2) is 4.79 Å². The summed E-state index contributed by atoms with van der Waals surface area (Å²) in [6.45, 7) is 5.85. The minimum absolute atomic E-state index is 0.0792. The van der Waals surface area contributed by atoms with Gasteiger partial charge in [0, 0.05) is 51.3 Å². The van der Waals surface area contributed by atoms with Crippen molar-refractivity contribution in [3.8, 4) is 11.5 Å². The van der Waals surface area contributed by atoms with E-state index >= 15 is 0 Å². The molecule has 1 heterocycles. The maximum atomic E-state index is 13.4. The number of rotatable bonds is 8. The zero-order chi connectivity index (χ0) is 28.3. The van der Waals surface area contributed by atoms with Gasteiger partial charge < -0.3 is 29.7 Å². The van der Waals surface area contributed by atoms with Crippen LogP contribution in [-0.2, 0) is 16.1 Å². The van der Waals surface area contributed by atoms with Gasteiger partial charge in [-0.15, -0.1) is 0 Å². The van der Waals surface area contributed by atoms with E-state index in [1.807, 2.05) is 36.1 Å². The van der Waals surface area contributed by atoms with Gasteiger partial charge in [0.1, 0.15) is 0 Å². The van der Waals surface area contributed by atoms with Crippen molar-refractivity contribution in [2.24, 2.45) is 0 Å². The van der Waals surface area contributed by atoms with Crippen molar-refractivity contribution < 1.29 is 42.1 Å². The maximum absolute atomic E-state index is 13.4. The first kappa shape index (κ1) is 30.4. The Bertz CT molecular complexity index is 1090. The molecule has 0 spiro atoms. The Hall–Kier alpha value is -3.80. The Morgan fingerprint density at radius 2 is 1.58 bits per heavy atom. The van der Waals surface area contributed by atoms with Crippen molar-refractivity contribution in [2.45, 2.75) is 26.1 Å². The number of hydrogen-bond acceptors (Lipinski definition) is 6. The number of carbonyl (C=O) groups is 3. The van der Waals surface area contributed by atoms with E-state index in [1.54, 1.807) is 37.3 Å². The third-order valence-electron chi connectivity index (χ3n) is 5.72. The number of methoxy groups -OCH3 is 2. The average Bonchev–Trinajstić information content (AvgIpc) is 2.91. The molecule has 0 radical (unpaired) electrons. The van der Waals surface area contributed by atoms with Crippen LogP contribution in [0.2, 0.25) is 0 Å². The van der Waals surface area contributed by atoms with Crippen molar-refractivity contribution in [2.75, 3.05) is 46.9 Å². The zero-order valence-corrected chi connectivity index (χ0v) is 21.5. The number of alkyl halides is 3. The smallest absolute Gasteiger partial charge is 0.490 e. The first-order chi connectivity index (χ1) is 18.0. The first-order valence-corrected chi connectivity index (χ1v) is 11.8. The van der Waals surface area contributed by atoms with Crippen LogP contribution in [0.1, 0.15) is 27.9 Å². The van der Waals surface area contributed by atoms with Gasteiger partial charge in [-0.1, -0.05) is 29.8 Å². The normalized spacial score (nSPS) is 13.2. The van der Waals surface area contributed by atoms with Crippen LogP contribution < -0.4 is 14.8 Å². The quantitative estimate of drug-likeness (QED) is 0.531. The second kappa shape index (κ2) is 14.2. The fourth-order valence-corrected chi connectivity index (χ4v) is 3.62. The van der Waals surface area contributed by atoms with E-state index in [9.17, 15) is 22.8 Å². The van der Waals surface area contributed by atoms with Gasteiger partial charge in [-0.3, -0.25) is 9.59 Å². The standard InChI is InChI=1S/C24H31N3O4.C2HF3O2/c1-18-4-6-19(7-5-18)17-27(13-10-23(28)26-14-11-25-12-15-26)24(29)20-8-9-21(30-2)22(16-20)31-3;3-2(4,5)1(6)7/h4-9,16,25H,10-15,17H2,1-3H3;(H,6,7). The van der Waals surface area contributed by atoms with Gasteiger partial charge in [-0.05, 0) is 30.7 Å². The topological polar surface area (TPSA) is 108 Å². The Morgan fingerprint density at radius 1 is 1.00 bits per heavy atom. The number of benzene rings is 2. The summed E-state index contributed by atoms with van der Waals surface area (Å²) in [5, 5.41) is 10.4. The summed E-state index contributed by atoms with van der Waals surface area (Å²) in [5.41, 5.74) is 2.68. The molecule has 208 valence electrons. The number of nitrogens with zero attached hydrogens (tertiary/aromatic N) is 2. The number of aliphatic carboxylic acids is 1. The molecule has 3 rings (SSSR count). The number of aryl methyl sites for hydroxylation is 1. The lowest BCUT2D eigenvalue weighted by Gasteiger charge is -2.29. The summed E-state index contributed by atoms with van der Waals surface area (Å²) < 4.78 is 42.4. The largest absolute Gasteiger partial charge is 0.493 e. The number of nitrogens with one attached hydrogen (secondary N) is 1. The van der Waals surface area contributed by atoms with Crippen LogP contribution in [0.3, 0.4) is 0 Å². The fourth-order valence-electron chi connectivity index (χ4n) is 3.62. The van der Waals surface area contributed by atoms with Gasteiger partial charge in [0.05, 0.1) is 14.2 Å². The second-order valence-electron chi connectivity index (χ2n) is 8.47. The second-order valence-corrected chi connectivity index (χ2v) is 8.47. The summed E-state index contributed by atoms with van der Waals surface area (Å²) in [6, 6.07) is 13.2. The average molecular weight is 540 g/mol. The number of carboxylic acid groups (broad SMARTS) is 1. The van der Waals surface area contributed by atoms with Crippen molar-refractivity contribution >= 4 is 17.8 Å². The minimum atomic E-state index is -5.08. The van der Waals surface area contributed by atoms with Crippen LogP contribution in [0.4, 0.5) is 13.2 Å². The molecular formula is C26H32F3N3O6. The lowest BCUT2D eigenvalue weighted by atomic mass is 10.1. The summed E-state index contributed by atoms with van der Waals surface area (Å²) in [6.07, 6.45) is -4.79. The number of ether oxygens (including phenoxy) is 2. The number of hydrogen-bond donors (Lipinski definition) is 2. The van der Waals surface area contributed by atoms with Gasteiger partial charge in [0.25, 0.3) is 5.91 Å². The van der Waals surface area contributed by atoms with E-state index in [1.165, 1.54) is 0 Å². The highest BCUT2D eigenvalue weighted by Crippen LogP contribution is 2.28. The first-order valence-electron chi connectivity index (χ1n) is 11.8. The number of amides is 2. The van der Waals surface area contributed by atoms with Crippen molar-refractivity contribution in [1.29, 1.82) is 0 Å². The number of piperazine rings is 1. The molecule has 12 heteroatoms. The third-order valence-corrected chi connectivity index (χ3v) is 5.72. The molecule has 1 saturated heterocycles. The maximum Gasteiger partial charge on any atom is 0.490 e. The molecule has 1 fully saturated rings. The molecule has 38 heavy (non-hydrogen) atoms. The third kappa shape index (κ3) is 9.25. The summed E-state index contributed by atoms with van der Waals surface area (Å²) in [5.74, 6) is -1.75. The van der Waals surface area contributed by atoms with E-state index in [2.05, 4.69) is 5.32 Å². The predicted molar refractivity (Wildman–Crippen MR) is 133 cm³/mol.